The van der Waals surface area contributed by atoms with Crippen LogP contribution >= 0.6 is 0 Å². The van der Waals surface area contributed by atoms with Gasteiger partial charge in [0.05, 0.1) is 0 Å². The van der Waals surface area contributed by atoms with E-state index in [9.17, 15) is 4.79 Å². The Bertz CT molecular complexity index is 950. The SMILES string of the molecule is CC(C)N(N)C1CC1c1ccccc1.O=C1C=CC1=Cc1ccc2c(c1)OCO2. The number of allylic oxidation sites excluding steroid dienone is 3. The average Bonchev–Trinajstić information content (AvgIpc) is 3.40. The smallest absolute Gasteiger partial charge is 0.231 e. The van der Waals surface area contributed by atoms with Gasteiger partial charge in [-0.3, -0.25) is 10.6 Å². The van der Waals surface area contributed by atoms with Crippen LogP contribution in [0.3, 0.4) is 0 Å². The van der Waals surface area contributed by atoms with E-state index in [2.05, 4.69) is 44.2 Å². The lowest BCUT2D eigenvalue weighted by atomic mass is 9.98. The van der Waals surface area contributed by atoms with Gasteiger partial charge in [0.25, 0.3) is 0 Å². The zero-order valence-corrected chi connectivity index (χ0v) is 16.7. The third-order valence-corrected chi connectivity index (χ3v) is 5.38. The fourth-order valence-corrected chi connectivity index (χ4v) is 3.50. The first-order valence-corrected chi connectivity index (χ1v) is 9.94. The average molecular weight is 390 g/mol. The monoisotopic (exact) mass is 390 g/mol. The summed E-state index contributed by atoms with van der Waals surface area (Å²) in [6.45, 7) is 4.55. The van der Waals surface area contributed by atoms with Crippen LogP contribution in [-0.4, -0.2) is 29.7 Å². The molecule has 150 valence electrons. The van der Waals surface area contributed by atoms with Gasteiger partial charge in [0.15, 0.2) is 17.3 Å². The lowest BCUT2D eigenvalue weighted by molar-refractivity contribution is -0.111. The van der Waals surface area contributed by atoms with E-state index in [1.54, 1.807) is 12.2 Å². The minimum absolute atomic E-state index is 0.0765. The molecule has 0 saturated heterocycles. The number of hydrogen-bond donors (Lipinski definition) is 1. The topological polar surface area (TPSA) is 64.8 Å². The maximum Gasteiger partial charge on any atom is 0.231 e. The van der Waals surface area contributed by atoms with Crippen molar-refractivity contribution in [1.82, 2.24) is 5.01 Å². The molecule has 2 unspecified atom stereocenters. The van der Waals surface area contributed by atoms with E-state index in [1.165, 1.54) is 12.0 Å². The van der Waals surface area contributed by atoms with Crippen LogP contribution < -0.4 is 15.3 Å². The highest BCUT2D eigenvalue weighted by Crippen LogP contribution is 2.43. The molecule has 0 radical (unpaired) electrons. The molecule has 5 rings (SSSR count). The van der Waals surface area contributed by atoms with Crippen LogP contribution in [0.1, 0.15) is 37.3 Å². The lowest BCUT2D eigenvalue weighted by Crippen LogP contribution is -2.39. The number of rotatable bonds is 4. The van der Waals surface area contributed by atoms with Crippen LogP contribution in [0.2, 0.25) is 0 Å². The first kappa shape index (κ1) is 19.4. The summed E-state index contributed by atoms with van der Waals surface area (Å²) in [5.74, 6) is 8.21. The second-order valence-corrected chi connectivity index (χ2v) is 7.77. The van der Waals surface area contributed by atoms with E-state index in [0.29, 0.717) is 18.0 Å². The summed E-state index contributed by atoms with van der Waals surface area (Å²) in [7, 11) is 0. The molecule has 2 aromatic carbocycles. The normalized spacial score (nSPS) is 22.5. The zero-order chi connectivity index (χ0) is 20.4. The van der Waals surface area contributed by atoms with E-state index >= 15 is 0 Å². The second kappa shape index (κ2) is 8.23. The molecule has 1 saturated carbocycles. The molecule has 2 atom stereocenters. The first-order valence-electron chi connectivity index (χ1n) is 9.94. The van der Waals surface area contributed by atoms with Gasteiger partial charge in [-0.25, -0.2) is 5.01 Å². The highest BCUT2D eigenvalue weighted by molar-refractivity contribution is 6.16. The van der Waals surface area contributed by atoms with Gasteiger partial charge in [-0.2, -0.15) is 0 Å². The number of nitrogens with zero attached hydrogens (tertiary/aromatic N) is 1. The van der Waals surface area contributed by atoms with E-state index in [1.807, 2.05) is 29.3 Å². The standard InChI is InChI=1S/C12H18N2.C12H8O3/c1-9(2)14(13)12-8-11(12)10-6-4-3-5-7-10;13-10-3-2-9(10)5-8-1-4-11-12(6-8)15-7-14-11/h3-7,9,11-12H,8,13H2,1-2H3;1-6H,7H2. The predicted octanol–water partition coefficient (Wildman–Crippen LogP) is 4.06. The highest BCUT2D eigenvalue weighted by atomic mass is 16.7. The van der Waals surface area contributed by atoms with Crippen molar-refractivity contribution in [2.24, 2.45) is 5.84 Å². The Morgan fingerprint density at radius 3 is 2.48 bits per heavy atom. The van der Waals surface area contributed by atoms with Crippen molar-refractivity contribution in [2.75, 3.05) is 6.79 Å². The van der Waals surface area contributed by atoms with Gasteiger partial charge in [0.1, 0.15) is 0 Å². The second-order valence-electron chi connectivity index (χ2n) is 7.77. The summed E-state index contributed by atoms with van der Waals surface area (Å²) >= 11 is 0. The third-order valence-electron chi connectivity index (χ3n) is 5.38. The Kier molecular flexibility index (Phi) is 5.51. The number of carbonyl (C=O) groups excluding carboxylic acids is 1. The zero-order valence-electron chi connectivity index (χ0n) is 16.7. The molecule has 5 nitrogen and oxygen atoms in total. The van der Waals surface area contributed by atoms with Gasteiger partial charge in [0, 0.05) is 23.6 Å². The summed E-state index contributed by atoms with van der Waals surface area (Å²) in [5, 5.41) is 1.98. The number of benzene rings is 2. The maximum absolute atomic E-state index is 11.1. The van der Waals surface area contributed by atoms with Crippen LogP contribution in [0, 0.1) is 0 Å². The van der Waals surface area contributed by atoms with E-state index in [0.717, 1.165) is 22.6 Å². The predicted molar refractivity (Wildman–Crippen MR) is 113 cm³/mol. The summed E-state index contributed by atoms with van der Waals surface area (Å²) < 4.78 is 10.4. The molecule has 29 heavy (non-hydrogen) atoms. The Balaban J connectivity index is 0.000000142. The Hall–Kier alpha value is -2.89. The van der Waals surface area contributed by atoms with Gasteiger partial charge in [-0.15, -0.1) is 0 Å². The summed E-state index contributed by atoms with van der Waals surface area (Å²) in [4.78, 5) is 11.1. The van der Waals surface area contributed by atoms with Gasteiger partial charge < -0.3 is 9.47 Å². The molecule has 0 amide bonds. The van der Waals surface area contributed by atoms with E-state index in [4.69, 9.17) is 15.3 Å². The van der Waals surface area contributed by atoms with Crippen LogP contribution in [0.25, 0.3) is 6.08 Å². The highest BCUT2D eigenvalue weighted by Gasteiger charge is 2.42. The Morgan fingerprint density at radius 1 is 1.07 bits per heavy atom. The van der Waals surface area contributed by atoms with Crippen molar-refractivity contribution in [1.29, 1.82) is 0 Å². The number of fused-ring (bicyclic) bond motifs is 1. The van der Waals surface area contributed by atoms with Crippen LogP contribution in [-0.2, 0) is 4.79 Å². The molecule has 0 aromatic heterocycles. The number of nitrogens with two attached hydrogens (primary N) is 1. The van der Waals surface area contributed by atoms with E-state index < -0.39 is 0 Å². The minimum atomic E-state index is 0.0765. The molecule has 3 aliphatic rings. The van der Waals surface area contributed by atoms with E-state index in [-0.39, 0.29) is 12.6 Å². The summed E-state index contributed by atoms with van der Waals surface area (Å²) in [6.07, 6.45) is 6.40. The quantitative estimate of drug-likeness (QED) is 0.484. The van der Waals surface area contributed by atoms with Crippen molar-refractivity contribution >= 4 is 11.9 Å². The molecule has 5 heteroatoms. The molecule has 1 heterocycles. The van der Waals surface area contributed by atoms with Crippen LogP contribution in [0.15, 0.2) is 66.3 Å². The largest absolute Gasteiger partial charge is 0.454 e. The van der Waals surface area contributed by atoms with Gasteiger partial charge in [0.2, 0.25) is 6.79 Å². The van der Waals surface area contributed by atoms with Crippen LogP contribution in [0.4, 0.5) is 0 Å². The van der Waals surface area contributed by atoms with Crippen molar-refractivity contribution in [3.63, 3.8) is 0 Å². The number of hydrazine groups is 1. The van der Waals surface area contributed by atoms with Gasteiger partial charge in [-0.1, -0.05) is 36.4 Å². The number of ketones is 1. The first-order chi connectivity index (χ1) is 14.0. The molecule has 1 aliphatic heterocycles. The number of carbonyl (C=O) groups is 1. The fourth-order valence-electron chi connectivity index (χ4n) is 3.50. The summed E-state index contributed by atoms with van der Waals surface area (Å²) in [6, 6.07) is 17.3. The lowest BCUT2D eigenvalue weighted by Gasteiger charge is -2.20. The number of ether oxygens (including phenoxy) is 2. The van der Waals surface area contributed by atoms with Crippen molar-refractivity contribution in [2.45, 2.75) is 38.3 Å². The van der Waals surface area contributed by atoms with Crippen molar-refractivity contribution < 1.29 is 14.3 Å². The van der Waals surface area contributed by atoms with Crippen molar-refractivity contribution in [3.8, 4) is 11.5 Å². The molecular formula is C24H26N2O3. The molecule has 0 bridgehead atoms. The Morgan fingerprint density at radius 2 is 1.83 bits per heavy atom. The Labute approximate surface area is 171 Å². The number of hydrogen-bond acceptors (Lipinski definition) is 5. The van der Waals surface area contributed by atoms with Gasteiger partial charge in [-0.05, 0) is 61.8 Å². The maximum atomic E-state index is 11.1. The molecular weight excluding hydrogens is 364 g/mol. The third kappa shape index (κ3) is 4.42. The molecule has 2 N–H and O–H groups in total. The molecule has 0 spiro atoms. The molecule has 1 fully saturated rings. The fraction of sp³-hybridized carbons (Fsp3) is 0.292. The van der Waals surface area contributed by atoms with Gasteiger partial charge >= 0.3 is 0 Å². The van der Waals surface area contributed by atoms with Crippen LogP contribution in [0.5, 0.6) is 11.5 Å². The van der Waals surface area contributed by atoms with Crippen molar-refractivity contribution in [3.05, 3.63) is 77.4 Å². The summed E-state index contributed by atoms with van der Waals surface area (Å²) in [5.41, 5.74) is 3.11. The molecule has 2 aromatic rings. The molecule has 2 aliphatic carbocycles. The minimum Gasteiger partial charge on any atom is -0.454 e.